The fourth-order valence-corrected chi connectivity index (χ4v) is 6.28. The molecular formula is C29H41NO4S. The van der Waals surface area contributed by atoms with Crippen LogP contribution in [0.2, 0.25) is 0 Å². The van der Waals surface area contributed by atoms with Gasteiger partial charge in [-0.2, -0.15) is 0 Å². The number of aryl methyl sites for hydroxylation is 4. The molecule has 3 rings (SSSR count). The first-order chi connectivity index (χ1) is 16.7. The number of Topliss-reactive ketones (excluding diaryl/α,β-unsaturated/α-hetero) is 1. The number of aliphatic hydroxyl groups is 1. The van der Waals surface area contributed by atoms with E-state index in [9.17, 15) is 9.59 Å². The number of rotatable bonds is 12. The molecule has 0 spiro atoms. The minimum absolute atomic E-state index is 0.284. The smallest absolute Gasteiger partial charge is 0.245 e. The van der Waals surface area contributed by atoms with Crippen LogP contribution in [0.15, 0.2) is 12.1 Å². The molecule has 1 aliphatic carbocycles. The molecule has 0 saturated carbocycles. The molecular weight excluding hydrogens is 458 g/mol. The molecule has 1 aromatic heterocycles. The van der Waals surface area contributed by atoms with E-state index in [1.807, 2.05) is 0 Å². The van der Waals surface area contributed by atoms with E-state index in [4.69, 9.17) is 9.84 Å². The Morgan fingerprint density at radius 3 is 2.63 bits per heavy atom. The molecule has 6 heteroatoms. The van der Waals surface area contributed by atoms with Crippen LogP contribution in [0, 0.1) is 12.3 Å². The second-order valence-corrected chi connectivity index (χ2v) is 11.5. The van der Waals surface area contributed by atoms with Crippen molar-refractivity contribution in [3.05, 3.63) is 49.7 Å². The molecule has 1 heterocycles. The number of benzene rings is 1. The van der Waals surface area contributed by atoms with Gasteiger partial charge in [0, 0.05) is 17.8 Å². The quantitative estimate of drug-likeness (QED) is 0.303. The Balaban J connectivity index is 1.64. The SMILES string of the molecule is CCc1cc(CCC(=O)c2sc(CC)c3c2CCC(C)(C)C3)cc(C)c1OCCCNC(=O)CO. The lowest BCUT2D eigenvalue weighted by Crippen LogP contribution is -2.28. The number of fused-ring (bicyclic) bond motifs is 1. The van der Waals surface area contributed by atoms with Gasteiger partial charge in [-0.05, 0) is 85.1 Å². The van der Waals surface area contributed by atoms with E-state index in [1.54, 1.807) is 11.3 Å². The maximum Gasteiger partial charge on any atom is 0.245 e. The lowest BCUT2D eigenvalue weighted by molar-refractivity contribution is -0.123. The summed E-state index contributed by atoms with van der Waals surface area (Å²) in [6.07, 6.45) is 7.06. The van der Waals surface area contributed by atoms with Crippen LogP contribution >= 0.6 is 11.3 Å². The number of nitrogens with one attached hydrogen (secondary N) is 1. The molecule has 1 amide bonds. The Labute approximate surface area is 214 Å². The van der Waals surface area contributed by atoms with Gasteiger partial charge in [-0.15, -0.1) is 11.3 Å². The molecule has 1 aromatic carbocycles. The molecule has 0 bridgehead atoms. The summed E-state index contributed by atoms with van der Waals surface area (Å²) in [6.45, 7) is 11.5. The number of hydrogen-bond donors (Lipinski definition) is 2. The fraction of sp³-hybridized carbons (Fsp3) is 0.586. The monoisotopic (exact) mass is 499 g/mol. The molecule has 0 radical (unpaired) electrons. The molecule has 1 aliphatic rings. The average Bonchev–Trinajstić information content (AvgIpc) is 3.19. The van der Waals surface area contributed by atoms with E-state index in [0.717, 1.165) is 60.3 Å². The summed E-state index contributed by atoms with van der Waals surface area (Å²) in [4.78, 5) is 26.8. The number of hydrogen-bond acceptors (Lipinski definition) is 5. The number of carbonyl (C=O) groups excluding carboxylic acids is 2. The van der Waals surface area contributed by atoms with Crippen LogP contribution in [0.4, 0.5) is 0 Å². The standard InChI is InChI=1S/C29H41NO4S/c1-6-21-16-20(15-19(3)27(21)34-14-8-13-30-26(33)18-31)9-10-24(32)28-22-11-12-29(4,5)17-23(22)25(7-2)35-28/h15-16,31H,6-14,17-18H2,1-5H3,(H,30,33). The molecule has 0 saturated heterocycles. The summed E-state index contributed by atoms with van der Waals surface area (Å²) in [5.74, 6) is 0.817. The van der Waals surface area contributed by atoms with Gasteiger partial charge in [0.15, 0.2) is 5.78 Å². The van der Waals surface area contributed by atoms with Gasteiger partial charge in [-0.3, -0.25) is 9.59 Å². The second kappa shape index (κ2) is 12.2. The highest BCUT2D eigenvalue weighted by Gasteiger charge is 2.31. The second-order valence-electron chi connectivity index (χ2n) is 10.4. The maximum atomic E-state index is 13.3. The van der Waals surface area contributed by atoms with Crippen LogP contribution < -0.4 is 10.1 Å². The van der Waals surface area contributed by atoms with Crippen molar-refractivity contribution in [2.24, 2.45) is 5.41 Å². The first-order valence-electron chi connectivity index (χ1n) is 13.0. The largest absolute Gasteiger partial charge is 0.493 e. The number of aliphatic hydroxyl groups excluding tert-OH is 1. The lowest BCUT2D eigenvalue weighted by atomic mass is 9.74. The highest BCUT2D eigenvalue weighted by atomic mass is 32.1. The summed E-state index contributed by atoms with van der Waals surface area (Å²) in [5.41, 5.74) is 6.52. The van der Waals surface area contributed by atoms with Gasteiger partial charge in [-0.1, -0.05) is 39.8 Å². The predicted molar refractivity (Wildman–Crippen MR) is 143 cm³/mol. The van der Waals surface area contributed by atoms with Gasteiger partial charge in [0.25, 0.3) is 0 Å². The topological polar surface area (TPSA) is 75.6 Å². The summed E-state index contributed by atoms with van der Waals surface area (Å²) >= 11 is 1.74. The number of amides is 1. The maximum absolute atomic E-state index is 13.3. The van der Waals surface area contributed by atoms with Crippen molar-refractivity contribution in [3.63, 3.8) is 0 Å². The minimum Gasteiger partial charge on any atom is -0.493 e. The normalized spacial score (nSPS) is 14.5. The molecule has 0 aliphatic heterocycles. The van der Waals surface area contributed by atoms with Crippen molar-refractivity contribution in [1.82, 2.24) is 5.32 Å². The van der Waals surface area contributed by atoms with E-state index >= 15 is 0 Å². The molecule has 5 nitrogen and oxygen atoms in total. The Kier molecular flexibility index (Phi) is 9.54. The van der Waals surface area contributed by atoms with Crippen molar-refractivity contribution in [3.8, 4) is 5.75 Å². The zero-order chi connectivity index (χ0) is 25.6. The zero-order valence-corrected chi connectivity index (χ0v) is 22.8. The minimum atomic E-state index is -0.489. The molecule has 2 aromatic rings. The summed E-state index contributed by atoms with van der Waals surface area (Å²) in [6, 6.07) is 4.31. The Hall–Kier alpha value is -2.18. The zero-order valence-electron chi connectivity index (χ0n) is 22.0. The third kappa shape index (κ3) is 6.95. The first-order valence-corrected chi connectivity index (χ1v) is 13.8. The van der Waals surface area contributed by atoms with Crippen molar-refractivity contribution < 1.29 is 19.4 Å². The van der Waals surface area contributed by atoms with E-state index in [1.165, 1.54) is 21.6 Å². The summed E-state index contributed by atoms with van der Waals surface area (Å²) in [5, 5.41) is 11.4. The van der Waals surface area contributed by atoms with Crippen molar-refractivity contribution in [2.45, 2.75) is 86.0 Å². The van der Waals surface area contributed by atoms with Gasteiger partial charge in [0.1, 0.15) is 12.4 Å². The van der Waals surface area contributed by atoms with Gasteiger partial charge >= 0.3 is 0 Å². The lowest BCUT2D eigenvalue weighted by Gasteiger charge is -2.30. The van der Waals surface area contributed by atoms with E-state index in [-0.39, 0.29) is 11.7 Å². The van der Waals surface area contributed by atoms with Gasteiger partial charge in [0.2, 0.25) is 5.91 Å². The number of ether oxygens (including phenoxy) is 1. The van der Waals surface area contributed by atoms with Gasteiger partial charge in [0.05, 0.1) is 11.5 Å². The molecule has 2 N–H and O–H groups in total. The number of ketones is 1. The van der Waals surface area contributed by atoms with E-state index in [0.29, 0.717) is 31.4 Å². The van der Waals surface area contributed by atoms with Crippen molar-refractivity contribution in [1.29, 1.82) is 0 Å². The van der Waals surface area contributed by atoms with Crippen LogP contribution in [0.5, 0.6) is 5.75 Å². The summed E-state index contributed by atoms with van der Waals surface area (Å²) < 4.78 is 6.04. The Bertz CT molecular complexity index is 1050. The highest BCUT2D eigenvalue weighted by Crippen LogP contribution is 2.42. The Morgan fingerprint density at radius 1 is 1.17 bits per heavy atom. The fourth-order valence-electron chi connectivity index (χ4n) is 5.01. The van der Waals surface area contributed by atoms with Crippen molar-refractivity contribution >= 4 is 23.0 Å². The average molecular weight is 500 g/mol. The molecule has 192 valence electrons. The Morgan fingerprint density at radius 2 is 1.94 bits per heavy atom. The summed E-state index contributed by atoms with van der Waals surface area (Å²) in [7, 11) is 0. The highest BCUT2D eigenvalue weighted by molar-refractivity contribution is 7.14. The number of thiophene rings is 1. The molecule has 35 heavy (non-hydrogen) atoms. The van der Waals surface area contributed by atoms with E-state index < -0.39 is 6.61 Å². The predicted octanol–water partition coefficient (Wildman–Crippen LogP) is 5.39. The van der Waals surface area contributed by atoms with Crippen molar-refractivity contribution in [2.75, 3.05) is 19.8 Å². The van der Waals surface area contributed by atoms with Crippen LogP contribution in [0.25, 0.3) is 0 Å². The van der Waals surface area contributed by atoms with E-state index in [2.05, 4.69) is 52.1 Å². The van der Waals surface area contributed by atoms with Crippen LogP contribution in [0.3, 0.4) is 0 Å². The van der Waals surface area contributed by atoms with Gasteiger partial charge in [-0.25, -0.2) is 0 Å². The van der Waals surface area contributed by atoms with Gasteiger partial charge < -0.3 is 15.2 Å². The third-order valence-electron chi connectivity index (χ3n) is 6.95. The van der Waals surface area contributed by atoms with Crippen LogP contribution in [-0.2, 0) is 36.9 Å². The van der Waals surface area contributed by atoms with Crippen LogP contribution in [-0.4, -0.2) is 36.6 Å². The molecule has 0 unspecified atom stereocenters. The van der Waals surface area contributed by atoms with Crippen LogP contribution in [0.1, 0.15) is 89.3 Å². The number of carbonyl (C=O) groups is 2. The molecule has 0 atom stereocenters. The first kappa shape index (κ1) is 27.4. The third-order valence-corrected chi connectivity index (χ3v) is 8.41. The molecule has 0 fully saturated rings.